The maximum Gasteiger partial charge on any atom is 0.228 e. The number of rotatable bonds is 5. The number of carbonyl (C=O) groups excluding carboxylic acids is 2. The Balaban J connectivity index is 1.89. The third kappa shape index (κ3) is 4.42. The number of carbonyl (C=O) groups is 2. The zero-order valence-corrected chi connectivity index (χ0v) is 14.1. The van der Waals surface area contributed by atoms with Gasteiger partial charge in [-0.2, -0.15) is 0 Å². The lowest BCUT2D eigenvalue weighted by Crippen LogP contribution is -2.46. The number of hydrogen-bond donors (Lipinski definition) is 1. The highest BCUT2D eigenvalue weighted by Gasteiger charge is 2.37. The summed E-state index contributed by atoms with van der Waals surface area (Å²) in [5.41, 5.74) is 0. The van der Waals surface area contributed by atoms with Crippen molar-refractivity contribution in [3.8, 4) is 0 Å². The molecule has 2 saturated heterocycles. The predicted octanol–water partition coefficient (Wildman–Crippen LogP) is -0.357. The van der Waals surface area contributed by atoms with E-state index in [9.17, 15) is 18.0 Å². The van der Waals surface area contributed by atoms with Crippen molar-refractivity contribution >= 4 is 21.8 Å². The van der Waals surface area contributed by atoms with Gasteiger partial charge in [0.25, 0.3) is 0 Å². The first-order valence-corrected chi connectivity index (χ1v) is 9.70. The molecule has 1 N–H and O–H groups in total. The first kappa shape index (κ1) is 17.2. The average molecular weight is 331 g/mol. The standard InChI is InChI=1S/C14H25N3O4S/c1-3-16-10-12(7-13(16)18)14(19)17-6-4-5-11(9-17)8-15-22(2,20)21/h11-12,15H,3-10H2,1-2H3/t11-,12+/m0/s1. The van der Waals surface area contributed by atoms with Crippen molar-refractivity contribution in [2.24, 2.45) is 11.8 Å². The zero-order chi connectivity index (χ0) is 16.3. The van der Waals surface area contributed by atoms with E-state index in [0.717, 1.165) is 19.1 Å². The Bertz CT molecular complexity index is 534. The van der Waals surface area contributed by atoms with Crippen LogP contribution >= 0.6 is 0 Å². The summed E-state index contributed by atoms with van der Waals surface area (Å²) in [5, 5.41) is 0. The van der Waals surface area contributed by atoms with Crippen LogP contribution in [0.1, 0.15) is 26.2 Å². The van der Waals surface area contributed by atoms with Crippen molar-refractivity contribution in [1.82, 2.24) is 14.5 Å². The van der Waals surface area contributed by atoms with Crippen LogP contribution in [0.15, 0.2) is 0 Å². The van der Waals surface area contributed by atoms with E-state index in [4.69, 9.17) is 0 Å². The summed E-state index contributed by atoms with van der Waals surface area (Å²) in [6.45, 7) is 4.70. The van der Waals surface area contributed by atoms with E-state index in [1.165, 1.54) is 0 Å². The number of likely N-dealkylation sites (tertiary alicyclic amines) is 2. The van der Waals surface area contributed by atoms with Crippen LogP contribution in [-0.4, -0.2) is 69.0 Å². The third-order valence-electron chi connectivity index (χ3n) is 4.41. The molecule has 8 heteroatoms. The van der Waals surface area contributed by atoms with E-state index in [1.54, 1.807) is 9.80 Å². The van der Waals surface area contributed by atoms with Crippen molar-refractivity contribution in [2.75, 3.05) is 39.0 Å². The van der Waals surface area contributed by atoms with Crippen LogP contribution in [0.5, 0.6) is 0 Å². The molecule has 2 aliphatic rings. The highest BCUT2D eigenvalue weighted by atomic mass is 32.2. The van der Waals surface area contributed by atoms with Gasteiger partial charge >= 0.3 is 0 Å². The first-order valence-electron chi connectivity index (χ1n) is 7.81. The van der Waals surface area contributed by atoms with Gasteiger partial charge in [-0.1, -0.05) is 0 Å². The molecule has 2 rings (SSSR count). The molecule has 0 aromatic heterocycles. The Labute approximate surface area is 132 Å². The van der Waals surface area contributed by atoms with Gasteiger partial charge in [0, 0.05) is 39.1 Å². The molecule has 0 saturated carbocycles. The SMILES string of the molecule is CCN1C[C@H](C(=O)N2CCC[C@@H](CNS(C)(=O)=O)C2)CC1=O. The number of nitrogens with zero attached hydrogens (tertiary/aromatic N) is 2. The van der Waals surface area contributed by atoms with Gasteiger partial charge in [-0.3, -0.25) is 9.59 Å². The number of nitrogens with one attached hydrogen (secondary N) is 1. The van der Waals surface area contributed by atoms with Crippen molar-refractivity contribution < 1.29 is 18.0 Å². The molecule has 2 fully saturated rings. The summed E-state index contributed by atoms with van der Waals surface area (Å²) in [4.78, 5) is 27.8. The van der Waals surface area contributed by atoms with E-state index in [2.05, 4.69) is 4.72 Å². The maximum absolute atomic E-state index is 12.6. The quantitative estimate of drug-likeness (QED) is 0.745. The minimum absolute atomic E-state index is 0.0355. The Hall–Kier alpha value is -1.15. The molecule has 0 unspecified atom stereocenters. The van der Waals surface area contributed by atoms with Crippen LogP contribution in [-0.2, 0) is 19.6 Å². The Morgan fingerprint density at radius 2 is 2.09 bits per heavy atom. The van der Waals surface area contributed by atoms with E-state index < -0.39 is 10.0 Å². The Kier molecular flexibility index (Phi) is 5.44. The van der Waals surface area contributed by atoms with Crippen LogP contribution in [0.2, 0.25) is 0 Å². The molecule has 7 nitrogen and oxygen atoms in total. The fraction of sp³-hybridized carbons (Fsp3) is 0.857. The summed E-state index contributed by atoms with van der Waals surface area (Å²) in [6, 6.07) is 0. The van der Waals surface area contributed by atoms with Crippen molar-refractivity contribution in [3.63, 3.8) is 0 Å². The molecular weight excluding hydrogens is 306 g/mol. The molecule has 0 aromatic carbocycles. The molecule has 0 bridgehead atoms. The summed E-state index contributed by atoms with van der Waals surface area (Å²) >= 11 is 0. The number of piperidine rings is 1. The Morgan fingerprint density at radius 3 is 2.68 bits per heavy atom. The third-order valence-corrected chi connectivity index (χ3v) is 5.10. The van der Waals surface area contributed by atoms with Crippen LogP contribution in [0.25, 0.3) is 0 Å². The van der Waals surface area contributed by atoms with Gasteiger partial charge in [-0.15, -0.1) is 0 Å². The number of amides is 2. The molecule has 126 valence electrons. The molecule has 0 radical (unpaired) electrons. The molecular formula is C14H25N3O4S. The van der Waals surface area contributed by atoms with E-state index in [-0.39, 0.29) is 23.7 Å². The fourth-order valence-electron chi connectivity index (χ4n) is 3.20. The van der Waals surface area contributed by atoms with Gasteiger partial charge in [-0.05, 0) is 25.7 Å². The van der Waals surface area contributed by atoms with E-state index in [0.29, 0.717) is 39.1 Å². The van der Waals surface area contributed by atoms with Gasteiger partial charge in [0.1, 0.15) is 0 Å². The lowest BCUT2D eigenvalue weighted by Gasteiger charge is -2.34. The largest absolute Gasteiger partial charge is 0.342 e. The average Bonchev–Trinajstić information content (AvgIpc) is 2.85. The van der Waals surface area contributed by atoms with Crippen molar-refractivity contribution in [1.29, 1.82) is 0 Å². The molecule has 0 spiro atoms. The second-order valence-corrected chi connectivity index (χ2v) is 8.08. The highest BCUT2D eigenvalue weighted by Crippen LogP contribution is 2.23. The van der Waals surface area contributed by atoms with Crippen molar-refractivity contribution in [2.45, 2.75) is 26.2 Å². The summed E-state index contributed by atoms with van der Waals surface area (Å²) in [7, 11) is -3.20. The summed E-state index contributed by atoms with van der Waals surface area (Å²) < 4.78 is 24.9. The second kappa shape index (κ2) is 6.95. The molecule has 2 atom stereocenters. The lowest BCUT2D eigenvalue weighted by atomic mass is 9.96. The summed E-state index contributed by atoms with van der Waals surface area (Å²) in [6.07, 6.45) is 3.23. The van der Waals surface area contributed by atoms with Crippen LogP contribution in [0, 0.1) is 11.8 Å². The minimum Gasteiger partial charge on any atom is -0.342 e. The fourth-order valence-corrected chi connectivity index (χ4v) is 3.74. The van der Waals surface area contributed by atoms with Crippen LogP contribution in [0.4, 0.5) is 0 Å². The highest BCUT2D eigenvalue weighted by molar-refractivity contribution is 7.88. The monoisotopic (exact) mass is 331 g/mol. The predicted molar refractivity (Wildman–Crippen MR) is 82.5 cm³/mol. The van der Waals surface area contributed by atoms with Crippen LogP contribution < -0.4 is 4.72 Å². The van der Waals surface area contributed by atoms with E-state index in [1.807, 2.05) is 6.92 Å². The first-order chi connectivity index (χ1) is 10.3. The van der Waals surface area contributed by atoms with Crippen molar-refractivity contribution in [3.05, 3.63) is 0 Å². The van der Waals surface area contributed by atoms with Gasteiger partial charge < -0.3 is 9.80 Å². The smallest absolute Gasteiger partial charge is 0.228 e. The number of sulfonamides is 1. The van der Waals surface area contributed by atoms with Gasteiger partial charge in [0.2, 0.25) is 21.8 Å². The molecule has 2 heterocycles. The van der Waals surface area contributed by atoms with E-state index >= 15 is 0 Å². The topological polar surface area (TPSA) is 86.8 Å². The second-order valence-electron chi connectivity index (χ2n) is 6.25. The maximum atomic E-state index is 12.6. The van der Waals surface area contributed by atoms with Gasteiger partial charge in [0.15, 0.2) is 0 Å². The molecule has 2 amide bonds. The summed E-state index contributed by atoms with van der Waals surface area (Å²) in [5.74, 6) is -0.0117. The minimum atomic E-state index is -3.20. The van der Waals surface area contributed by atoms with Gasteiger partial charge in [-0.25, -0.2) is 13.1 Å². The normalized spacial score (nSPS) is 26.5. The van der Waals surface area contributed by atoms with Gasteiger partial charge in [0.05, 0.1) is 12.2 Å². The molecule has 22 heavy (non-hydrogen) atoms. The molecule has 0 aliphatic carbocycles. The zero-order valence-electron chi connectivity index (χ0n) is 13.2. The Morgan fingerprint density at radius 1 is 1.36 bits per heavy atom. The number of hydrogen-bond acceptors (Lipinski definition) is 4. The van der Waals surface area contributed by atoms with Crippen LogP contribution in [0.3, 0.4) is 0 Å². The lowest BCUT2D eigenvalue weighted by molar-refractivity contribution is -0.137. The molecule has 0 aromatic rings. The molecule has 2 aliphatic heterocycles.